The smallest absolute Gasteiger partial charge is 0.293 e. The molecule has 0 aliphatic carbocycles. The van der Waals surface area contributed by atoms with Crippen molar-refractivity contribution >= 4 is 74.7 Å². The summed E-state index contributed by atoms with van der Waals surface area (Å²) >= 11 is 19.4. The number of amides is 2. The Labute approximate surface area is 215 Å². The SMILES string of the molecule is O=C1SC(=Cc2cn(Cc3ccccc3Cl)c3ccccc23)C(=O)N1Cc1ccc(Cl)c(Cl)c1. The minimum atomic E-state index is -0.330. The number of benzene rings is 3. The second kappa shape index (κ2) is 9.51. The van der Waals surface area contributed by atoms with Gasteiger partial charge in [0, 0.05) is 34.2 Å². The first-order valence-corrected chi connectivity index (χ1v) is 12.4. The highest BCUT2D eigenvalue weighted by Gasteiger charge is 2.35. The van der Waals surface area contributed by atoms with E-state index in [0.717, 1.165) is 39.4 Å². The molecule has 5 rings (SSSR count). The zero-order chi connectivity index (χ0) is 23.8. The first-order valence-electron chi connectivity index (χ1n) is 10.4. The van der Waals surface area contributed by atoms with Gasteiger partial charge < -0.3 is 4.57 Å². The van der Waals surface area contributed by atoms with Gasteiger partial charge in [0.15, 0.2) is 0 Å². The fraction of sp³-hybridized carbons (Fsp3) is 0.0769. The molecule has 0 spiro atoms. The molecule has 34 heavy (non-hydrogen) atoms. The molecule has 0 N–H and O–H groups in total. The van der Waals surface area contributed by atoms with Gasteiger partial charge in [-0.15, -0.1) is 0 Å². The maximum absolute atomic E-state index is 13.1. The molecule has 0 radical (unpaired) electrons. The average molecular weight is 528 g/mol. The maximum atomic E-state index is 13.1. The molecule has 2 heterocycles. The van der Waals surface area contributed by atoms with Gasteiger partial charge in [-0.25, -0.2) is 0 Å². The van der Waals surface area contributed by atoms with Gasteiger partial charge in [-0.3, -0.25) is 14.5 Å². The standard InChI is InChI=1S/C26H17Cl3N2O2S/c27-20-7-3-1-5-17(20)14-30-15-18(19-6-2-4-8-23(19)30)12-24-25(32)31(26(33)34-24)13-16-9-10-21(28)22(29)11-16/h1-12,15H,13-14H2. The highest BCUT2D eigenvalue weighted by Crippen LogP contribution is 2.36. The number of imide groups is 1. The first-order chi connectivity index (χ1) is 16.4. The van der Waals surface area contributed by atoms with Crippen molar-refractivity contribution in [1.82, 2.24) is 9.47 Å². The molecule has 4 nitrogen and oxygen atoms in total. The van der Waals surface area contributed by atoms with E-state index < -0.39 is 0 Å². The number of para-hydroxylation sites is 1. The van der Waals surface area contributed by atoms with E-state index in [9.17, 15) is 9.59 Å². The Morgan fingerprint density at radius 2 is 1.59 bits per heavy atom. The lowest BCUT2D eigenvalue weighted by atomic mass is 10.1. The molecule has 4 aromatic rings. The molecule has 3 aromatic carbocycles. The molecule has 1 saturated heterocycles. The molecule has 1 aliphatic heterocycles. The van der Waals surface area contributed by atoms with E-state index >= 15 is 0 Å². The number of fused-ring (bicyclic) bond motifs is 1. The molecule has 1 fully saturated rings. The topological polar surface area (TPSA) is 42.3 Å². The molecule has 0 atom stereocenters. The average Bonchev–Trinajstić information content (AvgIpc) is 3.30. The van der Waals surface area contributed by atoms with Crippen LogP contribution in [0, 0.1) is 0 Å². The number of hydrogen-bond acceptors (Lipinski definition) is 3. The number of hydrogen-bond donors (Lipinski definition) is 0. The van der Waals surface area contributed by atoms with Crippen LogP contribution >= 0.6 is 46.6 Å². The van der Waals surface area contributed by atoms with Gasteiger partial charge in [0.25, 0.3) is 11.1 Å². The fourth-order valence-electron chi connectivity index (χ4n) is 3.93. The molecule has 0 unspecified atom stereocenters. The van der Waals surface area contributed by atoms with Crippen LogP contribution in [-0.2, 0) is 17.9 Å². The molecule has 0 saturated carbocycles. The highest BCUT2D eigenvalue weighted by molar-refractivity contribution is 8.18. The summed E-state index contributed by atoms with van der Waals surface area (Å²) in [6.07, 6.45) is 3.77. The molecule has 170 valence electrons. The van der Waals surface area contributed by atoms with Gasteiger partial charge in [0.05, 0.1) is 21.5 Å². The highest BCUT2D eigenvalue weighted by atomic mass is 35.5. The summed E-state index contributed by atoms with van der Waals surface area (Å²) in [6, 6.07) is 20.7. The van der Waals surface area contributed by atoms with Crippen LogP contribution in [-0.4, -0.2) is 20.6 Å². The third-order valence-electron chi connectivity index (χ3n) is 5.60. The summed E-state index contributed by atoms with van der Waals surface area (Å²) in [4.78, 5) is 27.3. The number of carbonyl (C=O) groups excluding carboxylic acids is 2. The Hall–Kier alpha value is -2.70. The monoisotopic (exact) mass is 526 g/mol. The van der Waals surface area contributed by atoms with Crippen LogP contribution < -0.4 is 0 Å². The Morgan fingerprint density at radius 1 is 0.824 bits per heavy atom. The summed E-state index contributed by atoms with van der Waals surface area (Å²) < 4.78 is 2.10. The van der Waals surface area contributed by atoms with E-state index in [2.05, 4.69) is 4.57 Å². The van der Waals surface area contributed by atoms with Crippen LogP contribution in [0.2, 0.25) is 15.1 Å². The van der Waals surface area contributed by atoms with Crippen LogP contribution in [0.3, 0.4) is 0 Å². The Bertz CT molecular complexity index is 1480. The normalized spacial score (nSPS) is 15.1. The van der Waals surface area contributed by atoms with Gasteiger partial charge in [0.1, 0.15) is 0 Å². The van der Waals surface area contributed by atoms with Crippen molar-refractivity contribution in [2.24, 2.45) is 0 Å². The van der Waals surface area contributed by atoms with Crippen LogP contribution in [0.1, 0.15) is 16.7 Å². The molecular formula is C26H17Cl3N2O2S. The van der Waals surface area contributed by atoms with Gasteiger partial charge in [-0.1, -0.05) is 77.3 Å². The third kappa shape index (κ3) is 4.49. The zero-order valence-corrected chi connectivity index (χ0v) is 20.8. The van der Waals surface area contributed by atoms with Gasteiger partial charge >= 0.3 is 0 Å². The van der Waals surface area contributed by atoms with Crippen molar-refractivity contribution in [2.45, 2.75) is 13.1 Å². The quantitative estimate of drug-likeness (QED) is 0.248. The van der Waals surface area contributed by atoms with Gasteiger partial charge in [-0.2, -0.15) is 0 Å². The van der Waals surface area contributed by atoms with Gasteiger partial charge in [-0.05, 0) is 53.2 Å². The van der Waals surface area contributed by atoms with E-state index in [0.29, 0.717) is 26.5 Å². The van der Waals surface area contributed by atoms with Crippen molar-refractivity contribution in [3.8, 4) is 0 Å². The number of carbonyl (C=O) groups is 2. The van der Waals surface area contributed by atoms with Crippen molar-refractivity contribution in [3.63, 3.8) is 0 Å². The molecule has 1 aromatic heterocycles. The van der Waals surface area contributed by atoms with Crippen LogP contribution in [0.25, 0.3) is 17.0 Å². The summed E-state index contributed by atoms with van der Waals surface area (Å²) in [5, 5.41) is 2.18. The summed E-state index contributed by atoms with van der Waals surface area (Å²) in [6.45, 7) is 0.722. The summed E-state index contributed by atoms with van der Waals surface area (Å²) in [5.74, 6) is -0.330. The Kier molecular flexibility index (Phi) is 6.45. The summed E-state index contributed by atoms with van der Waals surface area (Å²) in [5.41, 5.74) is 3.61. The predicted octanol–water partition coefficient (Wildman–Crippen LogP) is 7.89. The molecule has 1 aliphatic rings. The second-order valence-corrected chi connectivity index (χ2v) is 10.1. The number of nitrogens with zero attached hydrogens (tertiary/aromatic N) is 2. The van der Waals surface area contributed by atoms with E-state index in [1.54, 1.807) is 24.3 Å². The first kappa shape index (κ1) is 23.1. The number of rotatable bonds is 5. The van der Waals surface area contributed by atoms with Crippen LogP contribution in [0.5, 0.6) is 0 Å². The van der Waals surface area contributed by atoms with Gasteiger partial charge in [0.2, 0.25) is 0 Å². The van der Waals surface area contributed by atoms with Crippen LogP contribution in [0.4, 0.5) is 4.79 Å². The van der Waals surface area contributed by atoms with Crippen molar-refractivity contribution in [2.75, 3.05) is 0 Å². The molecule has 8 heteroatoms. The zero-order valence-electron chi connectivity index (χ0n) is 17.7. The van der Waals surface area contributed by atoms with E-state index in [1.165, 1.54) is 4.90 Å². The largest absolute Gasteiger partial charge is 0.342 e. The minimum absolute atomic E-state index is 0.132. The summed E-state index contributed by atoms with van der Waals surface area (Å²) in [7, 11) is 0. The number of aromatic nitrogens is 1. The predicted molar refractivity (Wildman–Crippen MR) is 140 cm³/mol. The van der Waals surface area contributed by atoms with Crippen LogP contribution in [0.15, 0.2) is 77.8 Å². The lowest BCUT2D eigenvalue weighted by molar-refractivity contribution is -0.123. The lowest BCUT2D eigenvalue weighted by Gasteiger charge is -2.12. The minimum Gasteiger partial charge on any atom is -0.342 e. The lowest BCUT2D eigenvalue weighted by Crippen LogP contribution is -2.27. The van der Waals surface area contributed by atoms with Crippen molar-refractivity contribution in [1.29, 1.82) is 0 Å². The fourth-order valence-corrected chi connectivity index (χ4v) is 5.27. The number of halogens is 3. The Balaban J connectivity index is 1.46. The maximum Gasteiger partial charge on any atom is 0.293 e. The van der Waals surface area contributed by atoms with E-state index in [4.69, 9.17) is 34.8 Å². The van der Waals surface area contributed by atoms with E-state index in [-0.39, 0.29) is 17.7 Å². The van der Waals surface area contributed by atoms with Crippen molar-refractivity contribution in [3.05, 3.63) is 110 Å². The molecular weight excluding hydrogens is 511 g/mol. The van der Waals surface area contributed by atoms with Crippen molar-refractivity contribution < 1.29 is 9.59 Å². The second-order valence-electron chi connectivity index (χ2n) is 7.84. The molecule has 0 bridgehead atoms. The Morgan fingerprint density at radius 3 is 2.38 bits per heavy atom. The molecule has 2 amide bonds. The third-order valence-corrected chi connectivity index (χ3v) is 7.62. The number of thioether (sulfide) groups is 1. The van der Waals surface area contributed by atoms with E-state index in [1.807, 2.05) is 54.7 Å².